The van der Waals surface area contributed by atoms with Crippen molar-refractivity contribution in [1.29, 1.82) is 5.26 Å². The van der Waals surface area contributed by atoms with E-state index < -0.39 is 5.82 Å². The van der Waals surface area contributed by atoms with Gasteiger partial charge in [-0.1, -0.05) is 6.07 Å². The fourth-order valence-electron chi connectivity index (χ4n) is 1.70. The average molecular weight is 259 g/mol. The van der Waals surface area contributed by atoms with Crippen molar-refractivity contribution in [2.45, 2.75) is 0 Å². The van der Waals surface area contributed by atoms with Gasteiger partial charge in [0.25, 0.3) is 0 Å². The molecular formula is C12H10FN5O. The highest BCUT2D eigenvalue weighted by Gasteiger charge is 2.18. The number of nitrogens with zero attached hydrogens (tertiary/aromatic N) is 3. The first kappa shape index (κ1) is 12.6. The van der Waals surface area contributed by atoms with E-state index in [2.05, 4.69) is 9.97 Å². The minimum Gasteiger partial charge on any atom is -0.493 e. The monoisotopic (exact) mass is 259 g/mol. The third-order valence-corrected chi connectivity index (χ3v) is 2.49. The van der Waals surface area contributed by atoms with Gasteiger partial charge >= 0.3 is 0 Å². The second-order valence-corrected chi connectivity index (χ2v) is 3.62. The van der Waals surface area contributed by atoms with Gasteiger partial charge in [-0.2, -0.15) is 10.2 Å². The van der Waals surface area contributed by atoms with Gasteiger partial charge in [0, 0.05) is 5.56 Å². The second-order valence-electron chi connectivity index (χ2n) is 3.62. The second kappa shape index (κ2) is 4.78. The van der Waals surface area contributed by atoms with Crippen LogP contribution in [0.5, 0.6) is 5.75 Å². The van der Waals surface area contributed by atoms with Crippen molar-refractivity contribution in [3.63, 3.8) is 0 Å². The van der Waals surface area contributed by atoms with Crippen molar-refractivity contribution < 1.29 is 9.13 Å². The summed E-state index contributed by atoms with van der Waals surface area (Å²) in [6, 6.07) is 6.15. The number of nitrogens with two attached hydrogens (primary N) is 2. The van der Waals surface area contributed by atoms with Crippen molar-refractivity contribution in [2.75, 3.05) is 18.6 Å². The first-order chi connectivity index (χ1) is 9.08. The van der Waals surface area contributed by atoms with Gasteiger partial charge in [-0.05, 0) is 12.1 Å². The summed E-state index contributed by atoms with van der Waals surface area (Å²) >= 11 is 0. The summed E-state index contributed by atoms with van der Waals surface area (Å²) in [7, 11) is 1.32. The minimum atomic E-state index is -0.570. The molecule has 0 saturated heterocycles. The van der Waals surface area contributed by atoms with Crippen molar-refractivity contribution >= 4 is 11.8 Å². The topological polar surface area (TPSA) is 111 Å². The Morgan fingerprint density at radius 3 is 2.68 bits per heavy atom. The number of para-hydroxylation sites is 1. The Balaban J connectivity index is 2.80. The summed E-state index contributed by atoms with van der Waals surface area (Å²) < 4.78 is 18.6. The molecule has 6 nitrogen and oxygen atoms in total. The Morgan fingerprint density at radius 2 is 2.05 bits per heavy atom. The number of rotatable bonds is 2. The number of halogens is 1. The fourth-order valence-corrected chi connectivity index (χ4v) is 1.70. The van der Waals surface area contributed by atoms with Gasteiger partial charge in [0.15, 0.2) is 11.6 Å². The van der Waals surface area contributed by atoms with E-state index in [1.54, 1.807) is 6.07 Å². The number of hydrogen-bond acceptors (Lipinski definition) is 6. The molecule has 1 aromatic carbocycles. The molecule has 1 heterocycles. The predicted molar refractivity (Wildman–Crippen MR) is 67.5 cm³/mol. The summed E-state index contributed by atoms with van der Waals surface area (Å²) in [5.74, 6) is -0.759. The van der Waals surface area contributed by atoms with Crippen molar-refractivity contribution in [1.82, 2.24) is 9.97 Å². The normalized spacial score (nSPS) is 9.95. The molecule has 0 bridgehead atoms. The molecule has 96 valence electrons. The maximum Gasteiger partial charge on any atom is 0.222 e. The lowest BCUT2D eigenvalue weighted by atomic mass is 10.1. The largest absolute Gasteiger partial charge is 0.493 e. The van der Waals surface area contributed by atoms with E-state index in [1.165, 1.54) is 19.2 Å². The van der Waals surface area contributed by atoms with Crippen LogP contribution in [0.2, 0.25) is 0 Å². The average Bonchev–Trinajstić information content (AvgIpc) is 2.37. The van der Waals surface area contributed by atoms with Crippen LogP contribution in [0.25, 0.3) is 11.3 Å². The zero-order valence-corrected chi connectivity index (χ0v) is 10.0. The van der Waals surface area contributed by atoms with E-state index in [1.807, 2.05) is 6.07 Å². The van der Waals surface area contributed by atoms with E-state index >= 15 is 0 Å². The van der Waals surface area contributed by atoms with Gasteiger partial charge in [-0.15, -0.1) is 0 Å². The third-order valence-electron chi connectivity index (χ3n) is 2.49. The predicted octanol–water partition coefficient (Wildman–Crippen LogP) is 1.33. The molecule has 0 unspecified atom stereocenters. The molecule has 0 aliphatic rings. The van der Waals surface area contributed by atoms with Gasteiger partial charge in [0.2, 0.25) is 5.95 Å². The molecule has 0 aliphatic heterocycles. The maximum atomic E-state index is 13.7. The van der Waals surface area contributed by atoms with Gasteiger partial charge in [0.05, 0.1) is 12.8 Å². The van der Waals surface area contributed by atoms with Crippen LogP contribution in [-0.2, 0) is 0 Å². The smallest absolute Gasteiger partial charge is 0.222 e. The highest BCUT2D eigenvalue weighted by molar-refractivity contribution is 5.77. The first-order valence-electron chi connectivity index (χ1n) is 5.24. The molecule has 19 heavy (non-hydrogen) atoms. The van der Waals surface area contributed by atoms with Gasteiger partial charge < -0.3 is 16.2 Å². The summed E-state index contributed by atoms with van der Waals surface area (Å²) in [6.45, 7) is 0. The van der Waals surface area contributed by atoms with Crippen LogP contribution in [0.15, 0.2) is 18.2 Å². The van der Waals surface area contributed by atoms with Crippen molar-refractivity contribution in [3.8, 4) is 23.1 Å². The molecule has 0 aliphatic carbocycles. The molecule has 0 fully saturated rings. The van der Waals surface area contributed by atoms with Crippen LogP contribution in [0.1, 0.15) is 5.56 Å². The van der Waals surface area contributed by atoms with Gasteiger partial charge in [-0.3, -0.25) is 0 Å². The molecule has 0 saturated carbocycles. The van der Waals surface area contributed by atoms with E-state index in [0.29, 0.717) is 5.56 Å². The Kier molecular flexibility index (Phi) is 3.16. The number of anilines is 2. The molecule has 2 aromatic rings. The lowest BCUT2D eigenvalue weighted by Crippen LogP contribution is -2.05. The Hall–Kier alpha value is -2.88. The summed E-state index contributed by atoms with van der Waals surface area (Å²) in [5.41, 5.74) is 11.6. The van der Waals surface area contributed by atoms with Crippen LogP contribution >= 0.6 is 0 Å². The lowest BCUT2D eigenvalue weighted by Gasteiger charge is -2.11. The summed E-state index contributed by atoms with van der Waals surface area (Å²) in [6.07, 6.45) is 0. The third kappa shape index (κ3) is 2.11. The first-order valence-corrected chi connectivity index (χ1v) is 5.24. The number of aromatic nitrogens is 2. The molecule has 1 aromatic heterocycles. The number of methoxy groups -OCH3 is 1. The molecule has 0 spiro atoms. The summed E-state index contributed by atoms with van der Waals surface area (Å²) in [5, 5.41) is 9.10. The van der Waals surface area contributed by atoms with Crippen LogP contribution < -0.4 is 16.2 Å². The number of hydrogen-bond donors (Lipinski definition) is 2. The SMILES string of the molecule is COc1c(F)cccc1-c1nc(N)nc(N)c1C#N. The molecule has 0 amide bonds. The van der Waals surface area contributed by atoms with Crippen molar-refractivity contribution in [3.05, 3.63) is 29.6 Å². The zero-order valence-electron chi connectivity index (χ0n) is 10.0. The molecule has 2 rings (SSSR count). The lowest BCUT2D eigenvalue weighted by molar-refractivity contribution is 0.388. The summed E-state index contributed by atoms with van der Waals surface area (Å²) in [4.78, 5) is 7.64. The maximum absolute atomic E-state index is 13.7. The number of benzene rings is 1. The van der Waals surface area contributed by atoms with Gasteiger partial charge in [0.1, 0.15) is 17.5 Å². The number of ether oxygens (including phenoxy) is 1. The zero-order chi connectivity index (χ0) is 14.0. The van der Waals surface area contributed by atoms with Crippen molar-refractivity contribution in [2.24, 2.45) is 0 Å². The minimum absolute atomic E-state index is 0.0260. The molecule has 0 radical (unpaired) electrons. The Bertz CT molecular complexity index is 681. The fraction of sp³-hybridized carbons (Fsp3) is 0.0833. The van der Waals surface area contributed by atoms with Gasteiger partial charge in [-0.25, -0.2) is 9.37 Å². The van der Waals surface area contributed by atoms with Crippen LogP contribution in [-0.4, -0.2) is 17.1 Å². The molecule has 4 N–H and O–H groups in total. The van der Waals surface area contributed by atoms with Crippen LogP contribution in [0.4, 0.5) is 16.2 Å². The van der Waals surface area contributed by atoms with E-state index in [9.17, 15) is 4.39 Å². The molecule has 0 atom stereocenters. The standard InChI is InChI=1S/C12H10FN5O/c1-19-10-6(3-2-4-8(10)13)9-7(5-14)11(15)18-12(16)17-9/h2-4H,1H3,(H4,15,16,17,18). The molecular weight excluding hydrogens is 249 g/mol. The Morgan fingerprint density at radius 1 is 1.32 bits per heavy atom. The quantitative estimate of drug-likeness (QED) is 0.841. The van der Waals surface area contributed by atoms with E-state index in [0.717, 1.165) is 0 Å². The molecule has 7 heteroatoms. The Labute approximate surface area is 108 Å². The van der Waals surface area contributed by atoms with Crippen LogP contribution in [0.3, 0.4) is 0 Å². The van der Waals surface area contributed by atoms with E-state index in [-0.39, 0.29) is 28.8 Å². The van der Waals surface area contributed by atoms with E-state index in [4.69, 9.17) is 21.5 Å². The number of nitriles is 1. The highest BCUT2D eigenvalue weighted by Crippen LogP contribution is 2.34. The number of nitrogen functional groups attached to an aromatic ring is 2. The highest BCUT2D eigenvalue weighted by atomic mass is 19.1. The van der Waals surface area contributed by atoms with Crippen LogP contribution in [0, 0.1) is 17.1 Å².